The van der Waals surface area contributed by atoms with E-state index in [4.69, 9.17) is 4.52 Å². The molecule has 0 bridgehead atoms. The largest absolute Gasteiger partial charge is 0.356 e. The Morgan fingerprint density at radius 3 is 2.52 bits per heavy atom. The maximum absolute atomic E-state index is 12.3. The summed E-state index contributed by atoms with van der Waals surface area (Å²) in [6.07, 6.45) is 1.64. The van der Waals surface area contributed by atoms with Gasteiger partial charge in [0.15, 0.2) is 5.76 Å². The van der Waals surface area contributed by atoms with Crippen LogP contribution in [0.4, 0.5) is 5.69 Å². The van der Waals surface area contributed by atoms with Gasteiger partial charge in [-0.2, -0.15) is 4.83 Å². The Labute approximate surface area is 161 Å². The third-order valence-electron chi connectivity index (χ3n) is 4.35. The Kier molecular flexibility index (Phi) is 4.70. The quantitative estimate of drug-likeness (QED) is 0.589. The van der Waals surface area contributed by atoms with Gasteiger partial charge in [0, 0.05) is 23.0 Å². The highest BCUT2D eigenvalue weighted by atomic mass is 32.2. The molecule has 0 saturated carbocycles. The molecule has 1 aliphatic heterocycles. The number of rotatable bonds is 4. The summed E-state index contributed by atoms with van der Waals surface area (Å²) in [7, 11) is 0. The Balaban J connectivity index is 1.57. The summed E-state index contributed by atoms with van der Waals surface area (Å²) in [6.45, 7) is 3.93. The summed E-state index contributed by atoms with van der Waals surface area (Å²) in [6, 6.07) is 15.8. The molecule has 0 saturated heterocycles. The molecule has 1 amide bonds. The van der Waals surface area contributed by atoms with Gasteiger partial charge in [0.1, 0.15) is 4.91 Å². The van der Waals surface area contributed by atoms with E-state index in [1.54, 1.807) is 6.20 Å². The predicted molar refractivity (Wildman–Crippen MR) is 107 cm³/mol. The van der Waals surface area contributed by atoms with E-state index in [9.17, 15) is 4.79 Å². The molecule has 3 N–H and O–H groups in total. The molecular weight excluding hydrogens is 360 g/mol. The number of nitrogens with zero attached hydrogens (tertiary/aromatic N) is 1. The lowest BCUT2D eigenvalue weighted by molar-refractivity contribution is -0.112. The van der Waals surface area contributed by atoms with Crippen LogP contribution in [0, 0.1) is 6.92 Å². The highest BCUT2D eigenvalue weighted by Gasteiger charge is 2.19. The van der Waals surface area contributed by atoms with Gasteiger partial charge in [-0.1, -0.05) is 29.4 Å². The second kappa shape index (κ2) is 7.30. The minimum Gasteiger partial charge on any atom is -0.356 e. The number of hydrogen-bond acceptors (Lipinski definition) is 6. The summed E-state index contributed by atoms with van der Waals surface area (Å²) in [5.74, 6) is 0.603. The Hall–Kier alpha value is -3.03. The monoisotopic (exact) mass is 378 g/mol. The molecule has 4 rings (SSSR count). The van der Waals surface area contributed by atoms with Crippen molar-refractivity contribution in [2.24, 2.45) is 0 Å². The van der Waals surface area contributed by atoms with Crippen molar-refractivity contribution in [1.82, 2.24) is 15.4 Å². The molecule has 1 aromatic heterocycles. The lowest BCUT2D eigenvalue weighted by atomic mass is 9.97. The number of carbonyl (C=O) groups is 1. The number of aryl methyl sites for hydroxylation is 1. The minimum atomic E-state index is -0.133. The molecule has 6 nitrogen and oxygen atoms in total. The number of hydrogen-bond donors (Lipinski definition) is 3. The summed E-state index contributed by atoms with van der Waals surface area (Å²) in [4.78, 5) is 15.8. The van der Waals surface area contributed by atoms with E-state index in [0.717, 1.165) is 39.4 Å². The molecule has 0 unspecified atom stereocenters. The molecule has 136 valence electrons. The van der Waals surface area contributed by atoms with E-state index in [2.05, 4.69) is 39.8 Å². The van der Waals surface area contributed by atoms with Crippen LogP contribution in [0.5, 0.6) is 0 Å². The Morgan fingerprint density at radius 2 is 1.85 bits per heavy atom. The van der Waals surface area contributed by atoms with Crippen LogP contribution in [0.25, 0.3) is 22.5 Å². The minimum absolute atomic E-state index is 0.133. The van der Waals surface area contributed by atoms with Gasteiger partial charge in [0.2, 0.25) is 0 Å². The number of aromatic nitrogens is 1. The first-order valence-corrected chi connectivity index (χ1v) is 9.26. The van der Waals surface area contributed by atoms with E-state index >= 15 is 0 Å². The number of benzene rings is 2. The average molecular weight is 378 g/mol. The van der Waals surface area contributed by atoms with E-state index in [1.807, 2.05) is 43.3 Å². The normalized spacial score (nSPS) is 13.6. The van der Waals surface area contributed by atoms with E-state index in [0.29, 0.717) is 4.91 Å². The molecule has 0 fully saturated rings. The smallest absolute Gasteiger partial charge is 0.265 e. The van der Waals surface area contributed by atoms with Crippen molar-refractivity contribution in [2.75, 3.05) is 5.32 Å². The highest BCUT2D eigenvalue weighted by Crippen LogP contribution is 2.30. The van der Waals surface area contributed by atoms with Gasteiger partial charge < -0.3 is 15.3 Å². The van der Waals surface area contributed by atoms with E-state index in [-0.39, 0.29) is 5.91 Å². The summed E-state index contributed by atoms with van der Waals surface area (Å²) < 4.78 is 5.26. The SMILES string of the molecule is CC1=C(C(=O)Nc2ccc(-c3cc(-c4ccno4)ccc3C)cc2)SNN1. The maximum atomic E-state index is 12.3. The van der Waals surface area contributed by atoms with Crippen LogP contribution in [0.1, 0.15) is 12.5 Å². The van der Waals surface area contributed by atoms with Gasteiger partial charge in [0.05, 0.1) is 6.20 Å². The molecule has 3 aromatic rings. The van der Waals surface area contributed by atoms with Gasteiger partial charge in [0.25, 0.3) is 5.91 Å². The zero-order valence-corrected chi connectivity index (χ0v) is 15.7. The van der Waals surface area contributed by atoms with Gasteiger partial charge in [-0.15, -0.1) is 0 Å². The standard InChI is InChI=1S/C20H18N4O2S/c1-12-3-4-15(18-9-10-21-26-18)11-17(12)14-5-7-16(8-6-14)22-20(25)19-13(2)23-24-27-19/h3-11,23-24H,1-2H3,(H,22,25). The summed E-state index contributed by atoms with van der Waals surface area (Å²) in [5, 5.41) is 6.69. The van der Waals surface area contributed by atoms with Crippen LogP contribution >= 0.6 is 11.9 Å². The number of amides is 1. The van der Waals surface area contributed by atoms with Crippen LogP contribution in [0.2, 0.25) is 0 Å². The van der Waals surface area contributed by atoms with Gasteiger partial charge in [-0.3, -0.25) is 4.79 Å². The molecule has 0 atom stereocenters. The fourth-order valence-electron chi connectivity index (χ4n) is 2.88. The van der Waals surface area contributed by atoms with Crippen molar-refractivity contribution < 1.29 is 9.32 Å². The fourth-order valence-corrected chi connectivity index (χ4v) is 3.53. The van der Waals surface area contributed by atoms with Crippen LogP contribution < -0.4 is 15.6 Å². The third-order valence-corrected chi connectivity index (χ3v) is 5.25. The van der Waals surface area contributed by atoms with Crippen molar-refractivity contribution in [3.8, 4) is 22.5 Å². The van der Waals surface area contributed by atoms with Crippen LogP contribution in [-0.4, -0.2) is 11.1 Å². The summed E-state index contributed by atoms with van der Waals surface area (Å²) >= 11 is 1.27. The van der Waals surface area contributed by atoms with Crippen LogP contribution in [0.3, 0.4) is 0 Å². The zero-order valence-electron chi connectivity index (χ0n) is 14.9. The highest BCUT2D eigenvalue weighted by molar-refractivity contribution is 8.02. The lowest BCUT2D eigenvalue weighted by Gasteiger charge is -2.10. The number of allylic oxidation sites excluding steroid dienone is 1. The van der Waals surface area contributed by atoms with Gasteiger partial charge in [-0.05, 0) is 60.7 Å². The topological polar surface area (TPSA) is 79.2 Å². The van der Waals surface area contributed by atoms with Crippen LogP contribution in [0.15, 0.2) is 69.9 Å². The molecule has 2 heterocycles. The van der Waals surface area contributed by atoms with Crippen molar-refractivity contribution in [3.63, 3.8) is 0 Å². The van der Waals surface area contributed by atoms with Gasteiger partial charge in [-0.25, -0.2) is 0 Å². The van der Waals surface area contributed by atoms with Crippen molar-refractivity contribution in [2.45, 2.75) is 13.8 Å². The van der Waals surface area contributed by atoms with E-state index in [1.165, 1.54) is 11.9 Å². The Bertz CT molecular complexity index is 1010. The molecule has 27 heavy (non-hydrogen) atoms. The van der Waals surface area contributed by atoms with Crippen molar-refractivity contribution >= 4 is 23.5 Å². The van der Waals surface area contributed by atoms with Crippen molar-refractivity contribution in [3.05, 3.63) is 70.9 Å². The number of carbonyl (C=O) groups excluding carboxylic acids is 1. The first kappa shape index (κ1) is 17.4. The average Bonchev–Trinajstić information content (AvgIpc) is 3.35. The number of hydrazine groups is 1. The maximum Gasteiger partial charge on any atom is 0.265 e. The number of nitrogens with one attached hydrogen (secondary N) is 3. The molecule has 0 spiro atoms. The molecule has 2 aromatic carbocycles. The first-order chi connectivity index (χ1) is 13.1. The third kappa shape index (κ3) is 3.60. The van der Waals surface area contributed by atoms with Crippen molar-refractivity contribution in [1.29, 1.82) is 0 Å². The predicted octanol–water partition coefficient (Wildman–Crippen LogP) is 4.24. The van der Waals surface area contributed by atoms with E-state index < -0.39 is 0 Å². The lowest BCUT2D eigenvalue weighted by Crippen LogP contribution is -2.16. The summed E-state index contributed by atoms with van der Waals surface area (Å²) in [5.41, 5.74) is 8.80. The fraction of sp³-hybridized carbons (Fsp3) is 0.100. The number of anilines is 1. The molecular formula is C20H18N4O2S. The van der Waals surface area contributed by atoms with Gasteiger partial charge >= 0.3 is 0 Å². The Morgan fingerprint density at radius 1 is 1.07 bits per heavy atom. The molecule has 1 aliphatic rings. The molecule has 0 aliphatic carbocycles. The zero-order chi connectivity index (χ0) is 18.8. The van der Waals surface area contributed by atoms with Crippen LogP contribution in [-0.2, 0) is 4.79 Å². The molecule has 7 heteroatoms. The second-order valence-electron chi connectivity index (χ2n) is 6.22. The second-order valence-corrected chi connectivity index (χ2v) is 7.04. The molecule has 0 radical (unpaired) electrons. The first-order valence-electron chi connectivity index (χ1n) is 8.44.